The summed E-state index contributed by atoms with van der Waals surface area (Å²) in [7, 11) is 3.26. The Morgan fingerprint density at radius 2 is 1.86 bits per heavy atom. The third-order valence-corrected chi connectivity index (χ3v) is 5.71. The number of ether oxygens (including phenoxy) is 2. The molecule has 0 atom stereocenters. The Bertz CT molecular complexity index is 987. The molecule has 0 N–H and O–H groups in total. The maximum absolute atomic E-state index is 5.46. The van der Waals surface area contributed by atoms with Crippen LogP contribution in [0.25, 0.3) is 0 Å². The Balaban J connectivity index is 1.86. The molecular weight excluding hydrogens is 452 g/mol. The van der Waals surface area contributed by atoms with Crippen molar-refractivity contribution in [3.63, 3.8) is 0 Å². The highest BCUT2D eigenvalue weighted by Crippen LogP contribution is 2.26. The van der Waals surface area contributed by atoms with E-state index in [1.165, 1.54) is 5.56 Å². The Labute approximate surface area is 183 Å². The topological polar surface area (TPSA) is 61.5 Å². The van der Waals surface area contributed by atoms with E-state index in [9.17, 15) is 0 Å². The first kappa shape index (κ1) is 21.4. The normalized spacial score (nSPS) is 11.4. The molecule has 8 heteroatoms. The van der Waals surface area contributed by atoms with Crippen molar-refractivity contribution in [2.75, 3.05) is 14.2 Å². The second kappa shape index (κ2) is 9.93. The highest BCUT2D eigenvalue weighted by atomic mass is 79.9. The number of nitrogens with zero attached hydrogens (tertiary/aromatic N) is 4. The van der Waals surface area contributed by atoms with Crippen LogP contribution in [0, 0.1) is 0 Å². The second-order valence-corrected chi connectivity index (χ2v) is 8.43. The summed E-state index contributed by atoms with van der Waals surface area (Å²) in [5.74, 6) is 3.21. The average Bonchev–Trinajstić information content (AvgIpc) is 3.14. The fourth-order valence-corrected chi connectivity index (χ4v) is 3.72. The average molecular weight is 475 g/mol. The van der Waals surface area contributed by atoms with Crippen LogP contribution in [-0.4, -0.2) is 35.3 Å². The molecular formula is C21H23BrN4O2S. The van der Waals surface area contributed by atoms with E-state index in [1.54, 1.807) is 36.9 Å². The van der Waals surface area contributed by atoms with Crippen LogP contribution in [0.5, 0.6) is 11.5 Å². The second-order valence-electron chi connectivity index (χ2n) is 6.57. The molecule has 2 aromatic carbocycles. The van der Waals surface area contributed by atoms with Crippen molar-refractivity contribution >= 4 is 33.9 Å². The number of benzene rings is 2. The largest absolute Gasteiger partial charge is 0.497 e. The first-order chi connectivity index (χ1) is 14.0. The van der Waals surface area contributed by atoms with Crippen LogP contribution in [0.1, 0.15) is 36.7 Å². The van der Waals surface area contributed by atoms with Gasteiger partial charge in [-0.2, -0.15) is 9.78 Å². The minimum atomic E-state index is 0.194. The van der Waals surface area contributed by atoms with Gasteiger partial charge in [0.25, 0.3) is 0 Å². The Morgan fingerprint density at radius 1 is 1.10 bits per heavy atom. The Kier molecular flexibility index (Phi) is 7.33. The van der Waals surface area contributed by atoms with Gasteiger partial charge in [-0.05, 0) is 29.8 Å². The first-order valence-corrected chi connectivity index (χ1v) is 10.9. The summed E-state index contributed by atoms with van der Waals surface area (Å²) < 4.78 is 13.6. The molecule has 0 saturated carbocycles. The van der Waals surface area contributed by atoms with E-state index in [4.69, 9.17) is 9.47 Å². The van der Waals surface area contributed by atoms with E-state index in [1.807, 2.05) is 30.3 Å². The van der Waals surface area contributed by atoms with Crippen molar-refractivity contribution in [1.82, 2.24) is 14.9 Å². The molecule has 0 saturated heterocycles. The van der Waals surface area contributed by atoms with Gasteiger partial charge in [0.15, 0.2) is 5.82 Å². The highest BCUT2D eigenvalue weighted by Gasteiger charge is 2.15. The number of methoxy groups -OCH3 is 2. The molecule has 0 radical (unpaired) electrons. The van der Waals surface area contributed by atoms with Gasteiger partial charge in [-0.15, -0.1) is 10.2 Å². The Morgan fingerprint density at radius 3 is 2.52 bits per heavy atom. The maximum atomic E-state index is 5.46. The lowest BCUT2D eigenvalue weighted by Gasteiger charge is -2.09. The summed E-state index contributed by atoms with van der Waals surface area (Å²) >= 11 is 5.07. The van der Waals surface area contributed by atoms with E-state index >= 15 is 0 Å². The van der Waals surface area contributed by atoms with Crippen LogP contribution >= 0.6 is 27.7 Å². The molecule has 0 amide bonds. The van der Waals surface area contributed by atoms with Gasteiger partial charge in [0.2, 0.25) is 5.16 Å². The van der Waals surface area contributed by atoms with E-state index in [0.29, 0.717) is 5.75 Å². The van der Waals surface area contributed by atoms with Crippen molar-refractivity contribution < 1.29 is 9.47 Å². The van der Waals surface area contributed by atoms with Crippen molar-refractivity contribution in [3.8, 4) is 11.5 Å². The fraction of sp³-hybridized carbons (Fsp3) is 0.286. The van der Waals surface area contributed by atoms with Crippen molar-refractivity contribution in [2.24, 2.45) is 5.10 Å². The quantitative estimate of drug-likeness (QED) is 0.325. The van der Waals surface area contributed by atoms with Crippen LogP contribution in [0.15, 0.2) is 57.2 Å². The summed E-state index contributed by atoms with van der Waals surface area (Å²) in [6.07, 6.45) is 1.76. The molecule has 6 nitrogen and oxygen atoms in total. The molecule has 3 rings (SSSR count). The van der Waals surface area contributed by atoms with Crippen LogP contribution in [0.4, 0.5) is 0 Å². The van der Waals surface area contributed by atoms with E-state index in [-0.39, 0.29) is 5.92 Å². The Hall–Kier alpha value is -2.32. The zero-order valence-electron chi connectivity index (χ0n) is 16.8. The van der Waals surface area contributed by atoms with Crippen molar-refractivity contribution in [3.05, 3.63) is 63.9 Å². The van der Waals surface area contributed by atoms with E-state index in [0.717, 1.165) is 32.5 Å². The van der Waals surface area contributed by atoms with Crippen molar-refractivity contribution in [1.29, 1.82) is 0 Å². The van der Waals surface area contributed by atoms with Gasteiger partial charge >= 0.3 is 0 Å². The minimum absolute atomic E-state index is 0.194. The van der Waals surface area contributed by atoms with Gasteiger partial charge < -0.3 is 9.47 Å². The first-order valence-electron chi connectivity index (χ1n) is 9.10. The minimum Gasteiger partial charge on any atom is -0.497 e. The molecule has 3 aromatic rings. The van der Waals surface area contributed by atoms with Crippen LogP contribution in [0.3, 0.4) is 0 Å². The summed E-state index contributed by atoms with van der Waals surface area (Å²) in [5, 5.41) is 14.1. The van der Waals surface area contributed by atoms with E-state index < -0.39 is 0 Å². The number of hydrogen-bond acceptors (Lipinski definition) is 6. The number of hydrogen-bond donors (Lipinski definition) is 0. The fourth-order valence-electron chi connectivity index (χ4n) is 2.61. The third-order valence-electron chi connectivity index (χ3n) is 4.19. The van der Waals surface area contributed by atoms with Gasteiger partial charge in [-0.3, -0.25) is 0 Å². The molecule has 0 aliphatic heterocycles. The summed E-state index contributed by atoms with van der Waals surface area (Å²) in [4.78, 5) is 0. The van der Waals surface area contributed by atoms with Gasteiger partial charge in [0.1, 0.15) is 11.5 Å². The van der Waals surface area contributed by atoms with Crippen LogP contribution in [-0.2, 0) is 5.75 Å². The van der Waals surface area contributed by atoms with Gasteiger partial charge in [-0.1, -0.05) is 53.7 Å². The standard InChI is InChI=1S/C21H23BrN4O2S/c1-14(2)20-24-25-21(29-13-15-5-8-17(22)9-6-15)26(20)23-12-16-7-10-18(27-3)11-19(16)28-4/h5-12,14H,13H2,1-4H3/b23-12+. The molecule has 0 fully saturated rings. The molecule has 152 valence electrons. The number of rotatable bonds is 8. The predicted octanol–water partition coefficient (Wildman–Crippen LogP) is 5.36. The summed E-state index contributed by atoms with van der Waals surface area (Å²) in [6.45, 7) is 4.15. The molecule has 29 heavy (non-hydrogen) atoms. The van der Waals surface area contributed by atoms with Crippen LogP contribution in [0.2, 0.25) is 0 Å². The zero-order valence-corrected chi connectivity index (χ0v) is 19.2. The number of thioether (sulfide) groups is 1. The number of halogens is 1. The van der Waals surface area contributed by atoms with Gasteiger partial charge in [0.05, 0.1) is 20.4 Å². The molecule has 1 aromatic heterocycles. The van der Waals surface area contributed by atoms with E-state index in [2.05, 4.69) is 57.2 Å². The highest BCUT2D eigenvalue weighted by molar-refractivity contribution is 9.10. The van der Waals surface area contributed by atoms with Crippen molar-refractivity contribution in [2.45, 2.75) is 30.7 Å². The maximum Gasteiger partial charge on any atom is 0.212 e. The smallest absolute Gasteiger partial charge is 0.212 e. The molecule has 0 aliphatic rings. The molecule has 1 heterocycles. The molecule has 0 unspecified atom stereocenters. The molecule has 0 spiro atoms. The number of aromatic nitrogens is 3. The molecule has 0 bridgehead atoms. The monoisotopic (exact) mass is 474 g/mol. The van der Waals surface area contributed by atoms with Crippen LogP contribution < -0.4 is 9.47 Å². The van der Waals surface area contributed by atoms with Gasteiger partial charge in [0, 0.05) is 27.8 Å². The zero-order chi connectivity index (χ0) is 20.8. The lowest BCUT2D eigenvalue weighted by atomic mass is 10.2. The summed E-state index contributed by atoms with van der Waals surface area (Å²) in [6, 6.07) is 13.9. The summed E-state index contributed by atoms with van der Waals surface area (Å²) in [5.41, 5.74) is 2.06. The third kappa shape index (κ3) is 5.39. The van der Waals surface area contributed by atoms with Gasteiger partial charge in [-0.25, -0.2) is 0 Å². The lowest BCUT2D eigenvalue weighted by molar-refractivity contribution is 0.394. The predicted molar refractivity (Wildman–Crippen MR) is 120 cm³/mol. The SMILES string of the molecule is COc1ccc(/C=N/n2c(SCc3ccc(Br)cc3)nnc2C(C)C)c(OC)c1. The lowest BCUT2D eigenvalue weighted by Crippen LogP contribution is -2.03. The molecule has 0 aliphatic carbocycles.